The van der Waals surface area contributed by atoms with E-state index in [0.29, 0.717) is 23.7 Å². The zero-order valence-corrected chi connectivity index (χ0v) is 23.3. The lowest BCUT2D eigenvalue weighted by Crippen LogP contribution is -2.44. The van der Waals surface area contributed by atoms with Crippen molar-refractivity contribution in [1.29, 1.82) is 0 Å². The molecule has 8 heteroatoms. The summed E-state index contributed by atoms with van der Waals surface area (Å²) in [6.07, 6.45) is 1.80. The number of aryl methyl sites for hydroxylation is 2. The number of thiophene rings is 1. The molecule has 4 heterocycles. The van der Waals surface area contributed by atoms with Gasteiger partial charge in [0.15, 0.2) is 0 Å². The highest BCUT2D eigenvalue weighted by atomic mass is 32.1. The summed E-state index contributed by atoms with van der Waals surface area (Å²) in [5.41, 5.74) is 6.56. The smallest absolute Gasteiger partial charge is 0.260 e. The molecule has 1 aliphatic rings. The SMILES string of the molecule is CCn1c(=O)c(-c2ccc(-c3cccs3)cc2C)cc2cnc(Nc3ccc(N4CCN(C)CC4)cc3)nc21. The van der Waals surface area contributed by atoms with Crippen LogP contribution in [0.25, 0.3) is 32.6 Å². The van der Waals surface area contributed by atoms with Crippen LogP contribution in [0.15, 0.2) is 77.0 Å². The topological polar surface area (TPSA) is 66.3 Å². The first kappa shape index (κ1) is 25.3. The molecule has 0 radical (unpaired) electrons. The number of nitrogens with zero attached hydrogens (tertiary/aromatic N) is 5. The molecule has 1 saturated heterocycles. The van der Waals surface area contributed by atoms with Crippen LogP contribution >= 0.6 is 11.3 Å². The molecular formula is C31H32N6OS. The highest BCUT2D eigenvalue weighted by molar-refractivity contribution is 7.13. The van der Waals surface area contributed by atoms with E-state index >= 15 is 0 Å². The number of nitrogens with one attached hydrogen (secondary N) is 1. The van der Waals surface area contributed by atoms with Gasteiger partial charge in [0.1, 0.15) is 5.65 Å². The number of rotatable bonds is 6. The Balaban J connectivity index is 1.29. The van der Waals surface area contributed by atoms with Crippen molar-refractivity contribution >= 4 is 39.7 Å². The molecule has 39 heavy (non-hydrogen) atoms. The molecule has 198 valence electrons. The van der Waals surface area contributed by atoms with Crippen LogP contribution in [-0.4, -0.2) is 52.7 Å². The summed E-state index contributed by atoms with van der Waals surface area (Å²) in [6.45, 7) is 8.77. The molecule has 0 aliphatic carbocycles. The van der Waals surface area contributed by atoms with Gasteiger partial charge in [-0.15, -0.1) is 11.3 Å². The van der Waals surface area contributed by atoms with Crippen LogP contribution in [0.5, 0.6) is 0 Å². The molecule has 3 aromatic heterocycles. The number of hydrogen-bond acceptors (Lipinski definition) is 7. The van der Waals surface area contributed by atoms with Gasteiger partial charge < -0.3 is 15.1 Å². The molecule has 0 spiro atoms. The quantitative estimate of drug-likeness (QED) is 0.287. The van der Waals surface area contributed by atoms with Crippen molar-refractivity contribution in [3.05, 3.63) is 88.2 Å². The number of piperazine rings is 1. The Morgan fingerprint density at radius 1 is 0.974 bits per heavy atom. The maximum absolute atomic E-state index is 13.6. The lowest BCUT2D eigenvalue weighted by Gasteiger charge is -2.34. The first-order valence-electron chi connectivity index (χ1n) is 13.4. The Hall–Kier alpha value is -4.01. The monoisotopic (exact) mass is 536 g/mol. The molecule has 6 rings (SSSR count). The Bertz CT molecular complexity index is 1670. The third-order valence-corrected chi connectivity index (χ3v) is 8.38. The first-order chi connectivity index (χ1) is 19.0. The van der Waals surface area contributed by atoms with Gasteiger partial charge in [-0.25, -0.2) is 4.98 Å². The van der Waals surface area contributed by atoms with Crippen molar-refractivity contribution in [2.75, 3.05) is 43.4 Å². The zero-order valence-electron chi connectivity index (χ0n) is 22.5. The van der Waals surface area contributed by atoms with E-state index in [-0.39, 0.29) is 5.56 Å². The molecule has 0 saturated carbocycles. The summed E-state index contributed by atoms with van der Waals surface area (Å²) in [7, 11) is 2.16. The van der Waals surface area contributed by atoms with Crippen molar-refractivity contribution in [3.63, 3.8) is 0 Å². The average Bonchev–Trinajstić information content (AvgIpc) is 3.49. The largest absolute Gasteiger partial charge is 0.369 e. The second-order valence-electron chi connectivity index (χ2n) is 10.0. The highest BCUT2D eigenvalue weighted by Gasteiger charge is 2.16. The molecular weight excluding hydrogens is 504 g/mol. The maximum atomic E-state index is 13.6. The summed E-state index contributed by atoms with van der Waals surface area (Å²) in [5.74, 6) is 0.473. The minimum absolute atomic E-state index is 0.0434. The third kappa shape index (κ3) is 5.05. The summed E-state index contributed by atoms with van der Waals surface area (Å²) in [6, 6.07) is 20.8. The lowest BCUT2D eigenvalue weighted by atomic mass is 9.98. The van der Waals surface area contributed by atoms with E-state index in [1.165, 1.54) is 16.1 Å². The average molecular weight is 537 g/mol. The van der Waals surface area contributed by atoms with Crippen molar-refractivity contribution in [2.24, 2.45) is 0 Å². The fraction of sp³-hybridized carbons (Fsp3) is 0.258. The first-order valence-corrected chi connectivity index (χ1v) is 14.2. The molecule has 0 bridgehead atoms. The van der Waals surface area contributed by atoms with Crippen LogP contribution in [0, 0.1) is 6.92 Å². The van der Waals surface area contributed by atoms with E-state index in [9.17, 15) is 4.79 Å². The normalized spacial score (nSPS) is 14.2. The van der Waals surface area contributed by atoms with E-state index in [0.717, 1.165) is 48.4 Å². The summed E-state index contributed by atoms with van der Waals surface area (Å²) >= 11 is 1.71. The van der Waals surface area contributed by atoms with Crippen molar-refractivity contribution in [2.45, 2.75) is 20.4 Å². The molecule has 0 atom stereocenters. The molecule has 1 fully saturated rings. The molecule has 1 aliphatic heterocycles. The number of aromatic nitrogens is 3. The van der Waals surface area contributed by atoms with E-state index < -0.39 is 0 Å². The summed E-state index contributed by atoms with van der Waals surface area (Å²) in [5, 5.41) is 6.23. The minimum atomic E-state index is -0.0434. The number of hydrogen-bond donors (Lipinski definition) is 1. The third-order valence-electron chi connectivity index (χ3n) is 7.46. The van der Waals surface area contributed by atoms with Crippen LogP contribution in [0.2, 0.25) is 0 Å². The van der Waals surface area contributed by atoms with E-state index in [2.05, 4.69) is 94.0 Å². The van der Waals surface area contributed by atoms with E-state index in [1.807, 2.05) is 13.0 Å². The predicted octanol–water partition coefficient (Wildman–Crippen LogP) is 6.01. The number of pyridine rings is 1. The molecule has 7 nitrogen and oxygen atoms in total. The fourth-order valence-corrected chi connectivity index (χ4v) is 5.94. The minimum Gasteiger partial charge on any atom is -0.369 e. The van der Waals surface area contributed by atoms with Crippen molar-refractivity contribution in [3.8, 4) is 21.6 Å². The number of fused-ring (bicyclic) bond motifs is 1. The van der Waals surface area contributed by atoms with Gasteiger partial charge in [-0.05, 0) is 79.4 Å². The molecule has 2 aromatic carbocycles. The number of benzene rings is 2. The van der Waals surface area contributed by atoms with Gasteiger partial charge in [0.25, 0.3) is 5.56 Å². The van der Waals surface area contributed by atoms with Crippen LogP contribution in [0.1, 0.15) is 12.5 Å². The highest BCUT2D eigenvalue weighted by Crippen LogP contribution is 2.31. The number of anilines is 3. The van der Waals surface area contributed by atoms with Crippen molar-refractivity contribution in [1.82, 2.24) is 19.4 Å². The standard InChI is InChI=1S/C31H32N6OS/c1-4-37-29-23(19-27(30(37)38)26-12-7-22(18-21(26)2)28-6-5-17-39-28)20-32-31(34-29)33-24-8-10-25(11-9-24)36-15-13-35(3)14-16-36/h5-12,17-20H,4,13-16H2,1-3H3,(H,32,33,34). The molecule has 0 unspecified atom stereocenters. The lowest BCUT2D eigenvalue weighted by molar-refractivity contribution is 0.313. The van der Waals surface area contributed by atoms with Gasteiger partial charge in [-0.1, -0.05) is 24.3 Å². The molecule has 5 aromatic rings. The molecule has 0 amide bonds. The van der Waals surface area contributed by atoms with Gasteiger partial charge in [0.2, 0.25) is 5.95 Å². The Morgan fingerprint density at radius 2 is 1.77 bits per heavy atom. The molecule has 1 N–H and O–H groups in total. The van der Waals surface area contributed by atoms with Crippen LogP contribution in [-0.2, 0) is 6.54 Å². The summed E-state index contributed by atoms with van der Waals surface area (Å²) in [4.78, 5) is 28.9. The van der Waals surface area contributed by atoms with E-state index in [1.54, 1.807) is 22.1 Å². The predicted molar refractivity (Wildman–Crippen MR) is 162 cm³/mol. The van der Waals surface area contributed by atoms with Crippen molar-refractivity contribution < 1.29 is 0 Å². The van der Waals surface area contributed by atoms with E-state index in [4.69, 9.17) is 4.98 Å². The summed E-state index contributed by atoms with van der Waals surface area (Å²) < 4.78 is 1.74. The Kier molecular flexibility index (Phi) is 6.89. The second-order valence-corrected chi connectivity index (χ2v) is 11.0. The van der Waals surface area contributed by atoms with Gasteiger partial charge in [-0.2, -0.15) is 4.98 Å². The maximum Gasteiger partial charge on any atom is 0.260 e. The van der Waals surface area contributed by atoms with Gasteiger partial charge in [-0.3, -0.25) is 9.36 Å². The van der Waals surface area contributed by atoms with Crippen LogP contribution in [0.3, 0.4) is 0 Å². The fourth-order valence-electron chi connectivity index (χ4n) is 5.22. The Morgan fingerprint density at radius 3 is 2.46 bits per heavy atom. The van der Waals surface area contributed by atoms with Gasteiger partial charge in [0, 0.05) is 66.1 Å². The second kappa shape index (κ2) is 10.6. The van der Waals surface area contributed by atoms with Crippen LogP contribution < -0.4 is 15.8 Å². The van der Waals surface area contributed by atoms with Gasteiger partial charge in [0.05, 0.1) is 0 Å². The number of likely N-dealkylation sites (N-methyl/N-ethyl adjacent to an activating group) is 1. The van der Waals surface area contributed by atoms with Crippen LogP contribution in [0.4, 0.5) is 17.3 Å². The zero-order chi connectivity index (χ0) is 26.9. The Labute approximate surface area is 232 Å². The van der Waals surface area contributed by atoms with Gasteiger partial charge >= 0.3 is 0 Å².